The van der Waals surface area contributed by atoms with Crippen LogP contribution in [0.25, 0.3) is 10.9 Å². The van der Waals surface area contributed by atoms with Crippen molar-refractivity contribution in [1.82, 2.24) is 10.2 Å². The SMILES string of the molecule is CC(C)OC(=O)N(N)c1n[nH]c2cc(Cl)ccc12. The van der Waals surface area contributed by atoms with Gasteiger partial charge in [-0.05, 0) is 32.0 Å². The molecule has 0 atom stereocenters. The summed E-state index contributed by atoms with van der Waals surface area (Å²) in [4.78, 5) is 11.7. The topological polar surface area (TPSA) is 84.2 Å². The molecule has 1 aromatic carbocycles. The summed E-state index contributed by atoms with van der Waals surface area (Å²) in [6.07, 6.45) is -0.906. The Hall–Kier alpha value is -1.79. The van der Waals surface area contributed by atoms with Crippen molar-refractivity contribution in [1.29, 1.82) is 0 Å². The number of nitrogens with one attached hydrogen (secondary N) is 1. The fraction of sp³-hybridized carbons (Fsp3) is 0.273. The molecule has 0 spiro atoms. The van der Waals surface area contributed by atoms with Crippen LogP contribution in [0.15, 0.2) is 18.2 Å². The second-order valence-electron chi connectivity index (χ2n) is 4.04. The molecule has 7 heteroatoms. The maximum atomic E-state index is 11.7. The number of aromatic amines is 1. The third-order valence-corrected chi connectivity index (χ3v) is 2.50. The summed E-state index contributed by atoms with van der Waals surface area (Å²) in [5.74, 6) is 5.98. The van der Waals surface area contributed by atoms with Crippen molar-refractivity contribution in [3.63, 3.8) is 0 Å². The number of ether oxygens (including phenoxy) is 1. The average Bonchev–Trinajstić information content (AvgIpc) is 2.69. The number of amides is 1. The highest BCUT2D eigenvalue weighted by molar-refractivity contribution is 6.31. The van der Waals surface area contributed by atoms with Crippen molar-refractivity contribution in [2.75, 3.05) is 5.01 Å². The van der Waals surface area contributed by atoms with Crippen molar-refractivity contribution < 1.29 is 9.53 Å². The molecular formula is C11H13ClN4O2. The Labute approximate surface area is 109 Å². The standard InChI is InChI=1S/C11H13ClN4O2/c1-6(2)18-11(17)16(13)10-8-4-3-7(12)5-9(8)14-15-10/h3-6H,13H2,1-2H3,(H,14,15). The molecule has 0 bridgehead atoms. The highest BCUT2D eigenvalue weighted by Gasteiger charge is 2.19. The fourth-order valence-electron chi connectivity index (χ4n) is 1.51. The molecule has 6 nitrogen and oxygen atoms in total. The first-order valence-corrected chi connectivity index (χ1v) is 5.76. The zero-order chi connectivity index (χ0) is 13.3. The van der Waals surface area contributed by atoms with E-state index >= 15 is 0 Å². The highest BCUT2D eigenvalue weighted by atomic mass is 35.5. The summed E-state index contributed by atoms with van der Waals surface area (Å²) in [5, 5.41) is 8.88. The number of hydrogen-bond acceptors (Lipinski definition) is 4. The number of halogens is 1. The lowest BCUT2D eigenvalue weighted by Crippen LogP contribution is -2.39. The Morgan fingerprint density at radius 1 is 1.56 bits per heavy atom. The number of carbonyl (C=O) groups is 1. The molecule has 2 rings (SSSR count). The third-order valence-electron chi connectivity index (χ3n) is 2.27. The zero-order valence-corrected chi connectivity index (χ0v) is 10.7. The maximum absolute atomic E-state index is 11.7. The van der Waals surface area contributed by atoms with E-state index in [4.69, 9.17) is 22.2 Å². The first-order valence-electron chi connectivity index (χ1n) is 5.38. The van der Waals surface area contributed by atoms with Crippen LogP contribution in [0.3, 0.4) is 0 Å². The molecule has 96 valence electrons. The molecule has 1 heterocycles. The summed E-state index contributed by atoms with van der Waals surface area (Å²) in [6, 6.07) is 5.14. The van der Waals surface area contributed by atoms with Gasteiger partial charge in [0.05, 0.1) is 11.6 Å². The Morgan fingerprint density at radius 3 is 2.94 bits per heavy atom. The normalized spacial score (nSPS) is 10.9. The average molecular weight is 269 g/mol. The number of aromatic nitrogens is 2. The Bertz CT molecular complexity index is 581. The number of anilines is 1. The van der Waals surface area contributed by atoms with E-state index in [1.54, 1.807) is 32.0 Å². The van der Waals surface area contributed by atoms with Crippen LogP contribution in [0, 0.1) is 0 Å². The van der Waals surface area contributed by atoms with E-state index < -0.39 is 6.09 Å². The molecule has 0 fully saturated rings. The van der Waals surface area contributed by atoms with Crippen LogP contribution >= 0.6 is 11.6 Å². The van der Waals surface area contributed by atoms with Gasteiger partial charge in [-0.25, -0.2) is 10.6 Å². The minimum absolute atomic E-state index is 0.247. The first kappa shape index (κ1) is 12.7. The van der Waals surface area contributed by atoms with E-state index in [0.717, 1.165) is 5.01 Å². The number of rotatable bonds is 2. The van der Waals surface area contributed by atoms with Gasteiger partial charge in [0.2, 0.25) is 0 Å². The number of benzene rings is 1. The van der Waals surface area contributed by atoms with E-state index in [-0.39, 0.29) is 6.10 Å². The van der Waals surface area contributed by atoms with E-state index in [1.165, 1.54) is 0 Å². The predicted octanol–water partition coefficient (Wildman–Crippen LogP) is 2.44. The Kier molecular flexibility index (Phi) is 3.40. The molecule has 3 N–H and O–H groups in total. The molecule has 0 saturated carbocycles. The second-order valence-corrected chi connectivity index (χ2v) is 4.48. The number of fused-ring (bicyclic) bond motifs is 1. The van der Waals surface area contributed by atoms with Crippen molar-refractivity contribution in [2.45, 2.75) is 20.0 Å². The fourth-order valence-corrected chi connectivity index (χ4v) is 1.68. The summed E-state index contributed by atoms with van der Waals surface area (Å²) in [7, 11) is 0. The van der Waals surface area contributed by atoms with Crippen LogP contribution in [-0.4, -0.2) is 22.4 Å². The number of nitrogens with two attached hydrogens (primary N) is 1. The first-order chi connectivity index (χ1) is 8.49. The molecule has 0 radical (unpaired) electrons. The molecule has 0 saturated heterocycles. The van der Waals surface area contributed by atoms with Gasteiger partial charge in [0.25, 0.3) is 0 Å². The smallest absolute Gasteiger partial charge is 0.430 e. The number of hydrogen-bond donors (Lipinski definition) is 2. The summed E-state index contributed by atoms with van der Waals surface area (Å²) in [5.41, 5.74) is 0.699. The predicted molar refractivity (Wildman–Crippen MR) is 69.4 cm³/mol. The van der Waals surface area contributed by atoms with Crippen molar-refractivity contribution in [3.8, 4) is 0 Å². The maximum Gasteiger partial charge on any atom is 0.430 e. The van der Waals surface area contributed by atoms with E-state index in [9.17, 15) is 4.79 Å². The monoisotopic (exact) mass is 268 g/mol. The van der Waals surface area contributed by atoms with E-state index in [0.29, 0.717) is 21.7 Å². The molecule has 1 aromatic heterocycles. The van der Waals surface area contributed by atoms with E-state index in [1.807, 2.05) is 0 Å². The summed E-state index contributed by atoms with van der Waals surface area (Å²) >= 11 is 5.85. The third kappa shape index (κ3) is 2.39. The minimum Gasteiger partial charge on any atom is -0.445 e. The van der Waals surface area contributed by atoms with Crippen LogP contribution in [0.2, 0.25) is 5.02 Å². The van der Waals surface area contributed by atoms with Crippen molar-refractivity contribution >= 4 is 34.4 Å². The second kappa shape index (κ2) is 4.83. The quantitative estimate of drug-likeness (QED) is 0.498. The number of H-pyrrole nitrogens is 1. The van der Waals surface area contributed by atoms with Crippen LogP contribution in [0.5, 0.6) is 0 Å². The molecule has 18 heavy (non-hydrogen) atoms. The van der Waals surface area contributed by atoms with Crippen LogP contribution < -0.4 is 10.9 Å². The van der Waals surface area contributed by atoms with Gasteiger partial charge in [0.15, 0.2) is 5.82 Å². The lowest BCUT2D eigenvalue weighted by molar-refractivity contribution is 0.122. The van der Waals surface area contributed by atoms with Gasteiger partial charge in [-0.2, -0.15) is 10.1 Å². The van der Waals surface area contributed by atoms with Gasteiger partial charge in [0.1, 0.15) is 0 Å². The molecule has 0 unspecified atom stereocenters. The van der Waals surface area contributed by atoms with Gasteiger partial charge < -0.3 is 4.74 Å². The van der Waals surface area contributed by atoms with Gasteiger partial charge in [-0.1, -0.05) is 11.6 Å². The number of carbonyl (C=O) groups excluding carboxylic acids is 1. The van der Waals surface area contributed by atoms with Gasteiger partial charge in [-0.3, -0.25) is 5.10 Å². The van der Waals surface area contributed by atoms with Crippen LogP contribution in [0.1, 0.15) is 13.8 Å². The van der Waals surface area contributed by atoms with Crippen LogP contribution in [-0.2, 0) is 4.74 Å². The molecule has 1 amide bonds. The largest absolute Gasteiger partial charge is 0.445 e. The Balaban J connectivity index is 2.33. The molecule has 0 aliphatic heterocycles. The highest BCUT2D eigenvalue weighted by Crippen LogP contribution is 2.25. The van der Waals surface area contributed by atoms with Crippen LogP contribution in [0.4, 0.5) is 10.6 Å². The van der Waals surface area contributed by atoms with E-state index in [2.05, 4.69) is 10.2 Å². The molecule has 2 aromatic rings. The lowest BCUT2D eigenvalue weighted by atomic mass is 10.2. The molecule has 0 aliphatic rings. The lowest BCUT2D eigenvalue weighted by Gasteiger charge is -2.15. The number of hydrazine groups is 1. The summed E-state index contributed by atoms with van der Waals surface area (Å²) in [6.45, 7) is 3.49. The molecule has 0 aliphatic carbocycles. The van der Waals surface area contributed by atoms with Crippen molar-refractivity contribution in [3.05, 3.63) is 23.2 Å². The molecular weight excluding hydrogens is 256 g/mol. The minimum atomic E-state index is -0.659. The summed E-state index contributed by atoms with van der Waals surface area (Å²) < 4.78 is 4.99. The van der Waals surface area contributed by atoms with Crippen molar-refractivity contribution in [2.24, 2.45) is 5.84 Å². The van der Waals surface area contributed by atoms with Gasteiger partial charge >= 0.3 is 6.09 Å². The zero-order valence-electron chi connectivity index (χ0n) is 9.98. The number of nitrogens with zero attached hydrogens (tertiary/aromatic N) is 2. The van der Waals surface area contributed by atoms with Gasteiger partial charge in [-0.15, -0.1) is 0 Å². The van der Waals surface area contributed by atoms with Gasteiger partial charge in [0, 0.05) is 10.4 Å². The Morgan fingerprint density at radius 2 is 2.28 bits per heavy atom.